The quantitative estimate of drug-likeness (QED) is 0.768. The third kappa shape index (κ3) is 3.66. The molecule has 0 saturated heterocycles. The van der Waals surface area contributed by atoms with Gasteiger partial charge in [-0.15, -0.1) is 0 Å². The van der Waals surface area contributed by atoms with Gasteiger partial charge in [-0.05, 0) is 25.7 Å². The minimum Gasteiger partial charge on any atom is -0.394 e. The molecule has 1 saturated carbocycles. The van der Waals surface area contributed by atoms with E-state index in [1.54, 1.807) is 0 Å². The zero-order valence-corrected chi connectivity index (χ0v) is 11.7. The van der Waals surface area contributed by atoms with Crippen LogP contribution in [-0.4, -0.2) is 30.9 Å². The maximum atomic E-state index is 12.3. The SMILES string of the molecule is CCC(CC)(CO)NS(=O)(=O)C1CCCCC1. The maximum Gasteiger partial charge on any atom is 0.215 e. The van der Waals surface area contributed by atoms with Crippen LogP contribution in [0, 0.1) is 0 Å². The largest absolute Gasteiger partial charge is 0.394 e. The fraction of sp³-hybridized carbons (Fsp3) is 1.00. The van der Waals surface area contributed by atoms with Gasteiger partial charge in [0.2, 0.25) is 10.0 Å². The second-order valence-corrected chi connectivity index (χ2v) is 7.01. The summed E-state index contributed by atoms with van der Waals surface area (Å²) in [6, 6.07) is 0. The van der Waals surface area contributed by atoms with Gasteiger partial charge in [0.25, 0.3) is 0 Å². The number of aliphatic hydroxyl groups excluding tert-OH is 1. The van der Waals surface area contributed by atoms with Gasteiger partial charge in [0, 0.05) is 0 Å². The van der Waals surface area contributed by atoms with Crippen molar-refractivity contribution < 1.29 is 13.5 Å². The lowest BCUT2D eigenvalue weighted by molar-refractivity contribution is 0.172. The van der Waals surface area contributed by atoms with Crippen molar-refractivity contribution in [1.29, 1.82) is 0 Å². The summed E-state index contributed by atoms with van der Waals surface area (Å²) in [7, 11) is -3.29. The van der Waals surface area contributed by atoms with Crippen molar-refractivity contribution in [3.8, 4) is 0 Å². The van der Waals surface area contributed by atoms with E-state index < -0.39 is 15.6 Å². The van der Waals surface area contributed by atoms with Crippen molar-refractivity contribution in [3.63, 3.8) is 0 Å². The minimum absolute atomic E-state index is 0.133. The van der Waals surface area contributed by atoms with Crippen molar-refractivity contribution in [2.24, 2.45) is 0 Å². The summed E-state index contributed by atoms with van der Waals surface area (Å²) in [4.78, 5) is 0. The lowest BCUT2D eigenvalue weighted by Crippen LogP contribution is -2.53. The molecule has 0 aromatic rings. The van der Waals surface area contributed by atoms with Crippen LogP contribution >= 0.6 is 0 Å². The van der Waals surface area contributed by atoms with Crippen molar-refractivity contribution in [2.75, 3.05) is 6.61 Å². The highest BCUT2D eigenvalue weighted by Crippen LogP contribution is 2.25. The second kappa shape index (κ2) is 6.16. The normalized spacial score (nSPS) is 19.5. The summed E-state index contributed by atoms with van der Waals surface area (Å²) < 4.78 is 27.3. The van der Waals surface area contributed by atoms with Crippen LogP contribution in [0.4, 0.5) is 0 Å². The molecule has 1 aliphatic carbocycles. The Morgan fingerprint density at radius 2 is 1.71 bits per heavy atom. The van der Waals surface area contributed by atoms with E-state index in [2.05, 4.69) is 4.72 Å². The van der Waals surface area contributed by atoms with Crippen molar-refractivity contribution in [3.05, 3.63) is 0 Å². The molecule has 17 heavy (non-hydrogen) atoms. The van der Waals surface area contributed by atoms with Crippen LogP contribution in [0.1, 0.15) is 58.8 Å². The molecule has 0 atom stereocenters. The van der Waals surface area contributed by atoms with E-state index in [9.17, 15) is 13.5 Å². The number of hydrogen-bond acceptors (Lipinski definition) is 3. The van der Waals surface area contributed by atoms with Gasteiger partial charge in [-0.2, -0.15) is 0 Å². The first-order valence-electron chi connectivity index (χ1n) is 6.63. The first-order valence-corrected chi connectivity index (χ1v) is 8.18. The number of rotatable bonds is 6. The number of nitrogens with one attached hydrogen (secondary N) is 1. The summed E-state index contributed by atoms with van der Waals surface area (Å²) in [6.07, 6.45) is 5.87. The fourth-order valence-electron chi connectivity index (χ4n) is 2.41. The maximum absolute atomic E-state index is 12.3. The van der Waals surface area contributed by atoms with E-state index in [-0.39, 0.29) is 11.9 Å². The van der Waals surface area contributed by atoms with Crippen molar-refractivity contribution >= 4 is 10.0 Å². The van der Waals surface area contributed by atoms with E-state index in [0.29, 0.717) is 12.8 Å². The first-order chi connectivity index (χ1) is 7.99. The average molecular weight is 263 g/mol. The molecule has 0 amide bonds. The molecule has 1 fully saturated rings. The summed E-state index contributed by atoms with van der Waals surface area (Å²) in [5, 5.41) is 9.15. The zero-order valence-electron chi connectivity index (χ0n) is 10.9. The van der Waals surface area contributed by atoms with Gasteiger partial charge in [0.15, 0.2) is 0 Å². The molecular weight excluding hydrogens is 238 g/mol. The summed E-state index contributed by atoms with van der Waals surface area (Å²) >= 11 is 0. The topological polar surface area (TPSA) is 66.4 Å². The Kier molecular flexibility index (Phi) is 5.41. The van der Waals surface area contributed by atoms with Crippen LogP contribution < -0.4 is 4.72 Å². The van der Waals surface area contributed by atoms with Gasteiger partial charge in [0.1, 0.15) is 0 Å². The monoisotopic (exact) mass is 263 g/mol. The van der Waals surface area contributed by atoms with Crippen LogP contribution in [0.15, 0.2) is 0 Å². The van der Waals surface area contributed by atoms with Crippen molar-refractivity contribution in [2.45, 2.75) is 69.6 Å². The van der Waals surface area contributed by atoms with Gasteiger partial charge >= 0.3 is 0 Å². The fourth-order valence-corrected chi connectivity index (χ4v) is 4.49. The lowest BCUT2D eigenvalue weighted by Gasteiger charge is -2.33. The molecule has 0 bridgehead atoms. The van der Waals surface area contributed by atoms with E-state index in [1.165, 1.54) is 0 Å². The minimum atomic E-state index is -3.29. The molecule has 1 rings (SSSR count). The second-order valence-electron chi connectivity index (χ2n) is 5.05. The third-order valence-electron chi connectivity index (χ3n) is 4.01. The number of sulfonamides is 1. The molecule has 1 aliphatic rings. The Labute approximate surface area is 105 Å². The smallest absolute Gasteiger partial charge is 0.215 e. The number of aliphatic hydroxyl groups is 1. The van der Waals surface area contributed by atoms with Gasteiger partial charge < -0.3 is 5.11 Å². The predicted molar refractivity (Wildman–Crippen MR) is 69.3 cm³/mol. The standard InChI is InChI=1S/C12H25NO3S/c1-3-12(4-2,10-14)13-17(15,16)11-8-6-5-7-9-11/h11,13-14H,3-10H2,1-2H3. The highest BCUT2D eigenvalue weighted by Gasteiger charge is 2.35. The number of hydrogen-bond donors (Lipinski definition) is 2. The molecule has 5 heteroatoms. The molecule has 0 unspecified atom stereocenters. The highest BCUT2D eigenvalue weighted by atomic mass is 32.2. The van der Waals surface area contributed by atoms with Gasteiger partial charge in [-0.25, -0.2) is 13.1 Å². The Balaban J connectivity index is 2.76. The van der Waals surface area contributed by atoms with E-state index in [1.807, 2.05) is 13.8 Å². The Hall–Kier alpha value is -0.130. The van der Waals surface area contributed by atoms with E-state index in [4.69, 9.17) is 0 Å². The molecule has 0 spiro atoms. The molecule has 0 radical (unpaired) electrons. The van der Waals surface area contributed by atoms with E-state index >= 15 is 0 Å². The van der Waals surface area contributed by atoms with Gasteiger partial charge in [-0.3, -0.25) is 0 Å². The summed E-state index contributed by atoms with van der Waals surface area (Å²) in [5.41, 5.74) is -0.670. The summed E-state index contributed by atoms with van der Waals surface area (Å²) in [6.45, 7) is 3.68. The molecule has 0 aliphatic heterocycles. The molecule has 0 heterocycles. The van der Waals surface area contributed by atoms with Crippen molar-refractivity contribution in [1.82, 2.24) is 4.72 Å². The third-order valence-corrected chi connectivity index (χ3v) is 6.07. The molecule has 2 N–H and O–H groups in total. The predicted octanol–water partition coefficient (Wildman–Crippen LogP) is 1.79. The van der Waals surface area contributed by atoms with E-state index in [0.717, 1.165) is 32.1 Å². The molecule has 0 aromatic heterocycles. The average Bonchev–Trinajstić information content (AvgIpc) is 2.37. The van der Waals surface area contributed by atoms with Gasteiger partial charge in [0.05, 0.1) is 17.4 Å². The Morgan fingerprint density at radius 3 is 2.12 bits per heavy atom. The lowest BCUT2D eigenvalue weighted by atomic mass is 9.96. The highest BCUT2D eigenvalue weighted by molar-refractivity contribution is 7.90. The summed E-state index contributed by atoms with van der Waals surface area (Å²) in [5.74, 6) is 0. The Bertz CT molecular complexity index is 308. The van der Waals surface area contributed by atoms with Crippen LogP contribution in [0.25, 0.3) is 0 Å². The Morgan fingerprint density at radius 1 is 1.18 bits per heavy atom. The van der Waals surface area contributed by atoms with Crippen LogP contribution in [0.3, 0.4) is 0 Å². The van der Waals surface area contributed by atoms with Crippen LogP contribution in [-0.2, 0) is 10.0 Å². The molecule has 4 nitrogen and oxygen atoms in total. The molecular formula is C12H25NO3S. The van der Waals surface area contributed by atoms with Crippen LogP contribution in [0.2, 0.25) is 0 Å². The van der Waals surface area contributed by atoms with Gasteiger partial charge in [-0.1, -0.05) is 33.1 Å². The molecule has 102 valence electrons. The first kappa shape index (κ1) is 14.9. The zero-order chi connectivity index (χ0) is 12.9. The molecule has 0 aromatic carbocycles. The van der Waals surface area contributed by atoms with Crippen LogP contribution in [0.5, 0.6) is 0 Å².